The maximum absolute atomic E-state index is 6.19. The summed E-state index contributed by atoms with van der Waals surface area (Å²) in [6.45, 7) is 2.06. The van der Waals surface area contributed by atoms with E-state index in [1.807, 2.05) is 24.3 Å². The molecule has 3 heteroatoms. The molecule has 0 saturated heterocycles. The first-order valence-corrected chi connectivity index (χ1v) is 6.34. The zero-order valence-electron chi connectivity index (χ0n) is 8.60. The van der Waals surface area contributed by atoms with E-state index in [0.29, 0.717) is 10.0 Å². The van der Waals surface area contributed by atoms with Crippen molar-refractivity contribution in [2.45, 2.75) is 6.92 Å². The molecular weight excluding hydrogens is 307 g/mol. The van der Waals surface area contributed by atoms with E-state index in [0.717, 1.165) is 15.6 Å². The van der Waals surface area contributed by atoms with Crippen LogP contribution < -0.4 is 0 Å². The van der Waals surface area contributed by atoms with Gasteiger partial charge in [-0.2, -0.15) is 0 Å². The zero-order chi connectivity index (χ0) is 11.7. The number of hydrogen-bond donors (Lipinski definition) is 0. The average molecular weight is 316 g/mol. The standard InChI is InChI=1S/C13H9BrCl2/c1-8-2-4-9(5-3-8)10-6-13(16)11(14)7-12(10)15/h2-7H,1H3. The van der Waals surface area contributed by atoms with E-state index >= 15 is 0 Å². The van der Waals surface area contributed by atoms with E-state index in [4.69, 9.17) is 23.2 Å². The van der Waals surface area contributed by atoms with Gasteiger partial charge in [0, 0.05) is 15.1 Å². The van der Waals surface area contributed by atoms with Crippen LogP contribution in [0, 0.1) is 6.92 Å². The molecule has 0 bridgehead atoms. The van der Waals surface area contributed by atoms with Crippen LogP contribution in [-0.4, -0.2) is 0 Å². The summed E-state index contributed by atoms with van der Waals surface area (Å²) in [7, 11) is 0. The molecule has 2 aromatic rings. The monoisotopic (exact) mass is 314 g/mol. The normalized spacial score (nSPS) is 10.5. The number of halogens is 3. The number of benzene rings is 2. The fraction of sp³-hybridized carbons (Fsp3) is 0.0769. The molecule has 0 fully saturated rings. The van der Waals surface area contributed by atoms with Crippen molar-refractivity contribution in [3.63, 3.8) is 0 Å². The molecule has 2 rings (SSSR count). The summed E-state index contributed by atoms with van der Waals surface area (Å²) in [4.78, 5) is 0. The van der Waals surface area contributed by atoms with Crippen LogP contribution >= 0.6 is 39.1 Å². The third kappa shape index (κ3) is 2.42. The van der Waals surface area contributed by atoms with Gasteiger partial charge in [-0.3, -0.25) is 0 Å². The molecule has 2 aromatic carbocycles. The Labute approximate surface area is 113 Å². The Morgan fingerprint density at radius 1 is 0.938 bits per heavy atom. The SMILES string of the molecule is Cc1ccc(-c2cc(Cl)c(Br)cc2Cl)cc1. The third-order valence-electron chi connectivity index (χ3n) is 2.37. The Morgan fingerprint density at radius 2 is 1.56 bits per heavy atom. The maximum Gasteiger partial charge on any atom is 0.0555 e. The summed E-state index contributed by atoms with van der Waals surface area (Å²) in [5.74, 6) is 0. The van der Waals surface area contributed by atoms with Gasteiger partial charge in [-0.25, -0.2) is 0 Å². The predicted octanol–water partition coefficient (Wildman–Crippen LogP) is 5.73. The molecule has 82 valence electrons. The van der Waals surface area contributed by atoms with Crippen molar-refractivity contribution in [2.24, 2.45) is 0 Å². The van der Waals surface area contributed by atoms with Gasteiger partial charge in [0.05, 0.1) is 5.02 Å². The number of hydrogen-bond acceptors (Lipinski definition) is 0. The Hall–Kier alpha value is -0.500. The van der Waals surface area contributed by atoms with Crippen LogP contribution in [0.2, 0.25) is 10.0 Å². The van der Waals surface area contributed by atoms with Crippen LogP contribution in [0.3, 0.4) is 0 Å². The van der Waals surface area contributed by atoms with Crippen molar-refractivity contribution >= 4 is 39.1 Å². The highest BCUT2D eigenvalue weighted by Gasteiger charge is 2.07. The Morgan fingerprint density at radius 3 is 2.19 bits per heavy atom. The second kappa shape index (κ2) is 4.79. The maximum atomic E-state index is 6.19. The number of aryl methyl sites for hydroxylation is 1. The quantitative estimate of drug-likeness (QED) is 0.589. The van der Waals surface area contributed by atoms with Gasteiger partial charge in [0.2, 0.25) is 0 Å². The predicted molar refractivity (Wildman–Crippen MR) is 74.3 cm³/mol. The highest BCUT2D eigenvalue weighted by molar-refractivity contribution is 9.10. The molecule has 0 aliphatic rings. The lowest BCUT2D eigenvalue weighted by Crippen LogP contribution is -1.82. The molecule has 0 amide bonds. The van der Waals surface area contributed by atoms with Crippen LogP contribution in [0.5, 0.6) is 0 Å². The topological polar surface area (TPSA) is 0 Å². The molecule has 0 nitrogen and oxygen atoms in total. The lowest BCUT2D eigenvalue weighted by molar-refractivity contribution is 1.47. The fourth-order valence-electron chi connectivity index (χ4n) is 1.48. The summed E-state index contributed by atoms with van der Waals surface area (Å²) >= 11 is 15.6. The molecule has 0 saturated carbocycles. The van der Waals surface area contributed by atoms with Crippen molar-refractivity contribution in [2.75, 3.05) is 0 Å². The first-order valence-electron chi connectivity index (χ1n) is 4.79. The van der Waals surface area contributed by atoms with Gasteiger partial charge in [-0.05, 0) is 40.5 Å². The van der Waals surface area contributed by atoms with Gasteiger partial charge < -0.3 is 0 Å². The Balaban J connectivity index is 2.56. The van der Waals surface area contributed by atoms with Crippen molar-refractivity contribution < 1.29 is 0 Å². The first kappa shape index (κ1) is 12.0. The van der Waals surface area contributed by atoms with E-state index in [2.05, 4.69) is 35.0 Å². The molecule has 0 aliphatic heterocycles. The van der Waals surface area contributed by atoms with Crippen molar-refractivity contribution in [1.82, 2.24) is 0 Å². The second-order valence-corrected chi connectivity index (χ2v) is 5.28. The summed E-state index contributed by atoms with van der Waals surface area (Å²) in [6.07, 6.45) is 0. The average Bonchev–Trinajstić information content (AvgIpc) is 2.25. The van der Waals surface area contributed by atoms with Crippen LogP contribution in [0.25, 0.3) is 11.1 Å². The molecule has 16 heavy (non-hydrogen) atoms. The Bertz CT molecular complexity index is 518. The summed E-state index contributed by atoms with van der Waals surface area (Å²) in [5.41, 5.74) is 3.25. The van der Waals surface area contributed by atoms with Crippen LogP contribution in [0.1, 0.15) is 5.56 Å². The third-order valence-corrected chi connectivity index (χ3v) is 3.88. The summed E-state index contributed by atoms with van der Waals surface area (Å²) < 4.78 is 0.815. The Kier molecular flexibility index (Phi) is 3.58. The van der Waals surface area contributed by atoms with E-state index in [1.54, 1.807) is 0 Å². The zero-order valence-corrected chi connectivity index (χ0v) is 11.7. The lowest BCUT2D eigenvalue weighted by atomic mass is 10.0. The van der Waals surface area contributed by atoms with E-state index in [1.165, 1.54) is 5.56 Å². The number of rotatable bonds is 1. The van der Waals surface area contributed by atoms with Gasteiger partial charge in [0.25, 0.3) is 0 Å². The molecule has 0 aromatic heterocycles. The highest BCUT2D eigenvalue weighted by atomic mass is 79.9. The van der Waals surface area contributed by atoms with Gasteiger partial charge in [0.1, 0.15) is 0 Å². The molecule has 0 aliphatic carbocycles. The van der Waals surface area contributed by atoms with Gasteiger partial charge in [-0.1, -0.05) is 53.0 Å². The summed E-state index contributed by atoms with van der Waals surface area (Å²) in [5, 5.41) is 1.36. The highest BCUT2D eigenvalue weighted by Crippen LogP contribution is 2.35. The molecule has 0 N–H and O–H groups in total. The lowest BCUT2D eigenvalue weighted by Gasteiger charge is -2.07. The van der Waals surface area contributed by atoms with Crippen LogP contribution in [0.4, 0.5) is 0 Å². The van der Waals surface area contributed by atoms with Crippen molar-refractivity contribution in [1.29, 1.82) is 0 Å². The molecule has 0 heterocycles. The second-order valence-electron chi connectivity index (χ2n) is 3.61. The van der Waals surface area contributed by atoms with Crippen molar-refractivity contribution in [3.8, 4) is 11.1 Å². The van der Waals surface area contributed by atoms with E-state index in [-0.39, 0.29) is 0 Å². The largest absolute Gasteiger partial charge is 0.0836 e. The van der Waals surface area contributed by atoms with Crippen LogP contribution in [-0.2, 0) is 0 Å². The van der Waals surface area contributed by atoms with Gasteiger partial charge in [0.15, 0.2) is 0 Å². The van der Waals surface area contributed by atoms with Gasteiger partial charge >= 0.3 is 0 Å². The van der Waals surface area contributed by atoms with Crippen LogP contribution in [0.15, 0.2) is 40.9 Å². The minimum Gasteiger partial charge on any atom is -0.0836 e. The minimum absolute atomic E-state index is 0.667. The first-order chi connectivity index (χ1) is 7.58. The molecular formula is C13H9BrCl2. The van der Waals surface area contributed by atoms with E-state index < -0.39 is 0 Å². The fourth-order valence-corrected chi connectivity index (χ4v) is 2.39. The molecule has 0 unspecified atom stereocenters. The summed E-state index contributed by atoms with van der Waals surface area (Å²) in [6, 6.07) is 11.9. The van der Waals surface area contributed by atoms with Crippen molar-refractivity contribution in [3.05, 3.63) is 56.5 Å². The molecule has 0 radical (unpaired) electrons. The van der Waals surface area contributed by atoms with E-state index in [9.17, 15) is 0 Å². The smallest absolute Gasteiger partial charge is 0.0555 e. The molecule has 0 spiro atoms. The molecule has 0 atom stereocenters. The minimum atomic E-state index is 0.667. The van der Waals surface area contributed by atoms with Gasteiger partial charge in [-0.15, -0.1) is 0 Å².